The first-order valence-corrected chi connectivity index (χ1v) is 8.45. The zero-order chi connectivity index (χ0) is 18.1. The molecule has 0 radical (unpaired) electrons. The van der Waals surface area contributed by atoms with Crippen LogP contribution in [0, 0.1) is 6.92 Å². The number of aryl methyl sites for hydroxylation is 1. The Bertz CT molecular complexity index is 644. The van der Waals surface area contributed by atoms with Gasteiger partial charge in [-0.1, -0.05) is 48.0 Å². The number of hydrogen-bond donors (Lipinski definition) is 2. The van der Waals surface area contributed by atoms with Crippen molar-refractivity contribution < 1.29 is 14.6 Å². The second kappa shape index (κ2) is 9.81. The highest BCUT2D eigenvalue weighted by atomic mass is 16.5. The summed E-state index contributed by atoms with van der Waals surface area (Å²) in [6.07, 6.45) is -0.392. The van der Waals surface area contributed by atoms with Crippen molar-refractivity contribution in [3.05, 3.63) is 65.7 Å². The highest BCUT2D eigenvalue weighted by Crippen LogP contribution is 2.12. The van der Waals surface area contributed by atoms with Gasteiger partial charge in [0.2, 0.25) is 5.91 Å². The van der Waals surface area contributed by atoms with E-state index in [4.69, 9.17) is 10.5 Å². The number of primary amides is 1. The number of aliphatic hydroxyl groups excluding tert-OH is 1. The van der Waals surface area contributed by atoms with E-state index in [2.05, 4.69) is 0 Å². The molecule has 1 atom stereocenters. The number of aliphatic hydroxyl groups is 1. The van der Waals surface area contributed by atoms with Gasteiger partial charge >= 0.3 is 0 Å². The minimum absolute atomic E-state index is 0.199. The van der Waals surface area contributed by atoms with Gasteiger partial charge < -0.3 is 15.6 Å². The molecule has 2 rings (SSSR count). The SMILES string of the molecule is Cc1ccc(OC[C@H](O)CN(CCC(N)=O)Cc2ccccc2)cc1. The number of ether oxygens (including phenoxy) is 1. The summed E-state index contributed by atoms with van der Waals surface area (Å²) >= 11 is 0. The van der Waals surface area contributed by atoms with E-state index in [1.54, 1.807) is 0 Å². The van der Waals surface area contributed by atoms with Crippen LogP contribution in [0.3, 0.4) is 0 Å². The van der Waals surface area contributed by atoms with E-state index in [-0.39, 0.29) is 18.9 Å². The molecule has 25 heavy (non-hydrogen) atoms. The molecule has 0 saturated heterocycles. The number of rotatable bonds is 10. The number of carbonyl (C=O) groups excluding carboxylic acids is 1. The molecule has 0 aliphatic heterocycles. The molecular weight excluding hydrogens is 316 g/mol. The maximum atomic E-state index is 11.1. The molecule has 0 fully saturated rings. The van der Waals surface area contributed by atoms with Gasteiger partial charge in [0.15, 0.2) is 0 Å². The summed E-state index contributed by atoms with van der Waals surface area (Å²) in [4.78, 5) is 13.1. The summed E-state index contributed by atoms with van der Waals surface area (Å²) in [5.74, 6) is 0.389. The number of nitrogens with zero attached hydrogens (tertiary/aromatic N) is 1. The molecule has 0 aliphatic carbocycles. The Kier molecular flexibility index (Phi) is 7.44. The van der Waals surface area contributed by atoms with E-state index in [1.165, 1.54) is 0 Å². The van der Waals surface area contributed by atoms with Crippen molar-refractivity contribution in [2.75, 3.05) is 19.7 Å². The minimum Gasteiger partial charge on any atom is -0.491 e. The average molecular weight is 342 g/mol. The fourth-order valence-corrected chi connectivity index (χ4v) is 2.52. The standard InChI is InChI=1S/C20H26N2O3/c1-16-7-9-19(10-8-16)25-15-18(23)14-22(12-11-20(21)24)13-17-5-3-2-4-6-17/h2-10,18,23H,11-15H2,1H3,(H2,21,24)/t18-/m1/s1. The minimum atomic E-state index is -0.655. The Morgan fingerprint density at radius 2 is 1.84 bits per heavy atom. The Morgan fingerprint density at radius 1 is 1.16 bits per heavy atom. The highest BCUT2D eigenvalue weighted by molar-refractivity contribution is 5.73. The topological polar surface area (TPSA) is 75.8 Å². The molecule has 0 aromatic heterocycles. The molecule has 0 spiro atoms. The van der Waals surface area contributed by atoms with Gasteiger partial charge in [0.05, 0.1) is 0 Å². The predicted molar refractivity (Wildman–Crippen MR) is 98.2 cm³/mol. The van der Waals surface area contributed by atoms with Crippen LogP contribution in [0.2, 0.25) is 0 Å². The highest BCUT2D eigenvalue weighted by Gasteiger charge is 2.14. The van der Waals surface area contributed by atoms with Crippen LogP contribution in [0.1, 0.15) is 17.5 Å². The fourth-order valence-electron chi connectivity index (χ4n) is 2.52. The summed E-state index contributed by atoms with van der Waals surface area (Å²) in [7, 11) is 0. The van der Waals surface area contributed by atoms with Gasteiger partial charge in [0, 0.05) is 26.1 Å². The number of benzene rings is 2. The van der Waals surface area contributed by atoms with Crippen molar-refractivity contribution in [1.29, 1.82) is 0 Å². The average Bonchev–Trinajstić information content (AvgIpc) is 2.60. The number of carbonyl (C=O) groups is 1. The van der Waals surface area contributed by atoms with Crippen molar-refractivity contribution in [1.82, 2.24) is 4.90 Å². The van der Waals surface area contributed by atoms with E-state index in [0.717, 1.165) is 16.9 Å². The smallest absolute Gasteiger partial charge is 0.218 e. The summed E-state index contributed by atoms with van der Waals surface area (Å²) in [5, 5.41) is 10.3. The molecule has 2 aromatic rings. The van der Waals surface area contributed by atoms with Gasteiger partial charge in [-0.15, -0.1) is 0 Å². The van der Waals surface area contributed by atoms with Crippen LogP contribution < -0.4 is 10.5 Å². The van der Waals surface area contributed by atoms with Gasteiger partial charge in [-0.25, -0.2) is 0 Å². The lowest BCUT2D eigenvalue weighted by Crippen LogP contribution is -2.37. The van der Waals surface area contributed by atoms with Gasteiger partial charge in [-0.3, -0.25) is 9.69 Å². The lowest BCUT2D eigenvalue weighted by Gasteiger charge is -2.25. The van der Waals surface area contributed by atoms with Crippen molar-refractivity contribution >= 4 is 5.91 Å². The van der Waals surface area contributed by atoms with Gasteiger partial charge in [0.25, 0.3) is 0 Å². The lowest BCUT2D eigenvalue weighted by atomic mass is 10.2. The third-order valence-corrected chi connectivity index (χ3v) is 3.86. The number of amides is 1. The second-order valence-electron chi connectivity index (χ2n) is 6.21. The molecule has 0 bridgehead atoms. The van der Waals surface area contributed by atoms with E-state index in [0.29, 0.717) is 19.6 Å². The molecule has 5 nitrogen and oxygen atoms in total. The molecular formula is C20H26N2O3. The van der Waals surface area contributed by atoms with Crippen LogP contribution in [-0.4, -0.2) is 41.7 Å². The Labute approximate surface area is 149 Å². The normalized spacial score (nSPS) is 12.1. The van der Waals surface area contributed by atoms with E-state index in [9.17, 15) is 9.90 Å². The van der Waals surface area contributed by atoms with Gasteiger partial charge in [0.1, 0.15) is 18.5 Å². The molecule has 2 aromatic carbocycles. The lowest BCUT2D eigenvalue weighted by molar-refractivity contribution is -0.118. The maximum absolute atomic E-state index is 11.1. The first kappa shape index (κ1) is 19.0. The zero-order valence-corrected chi connectivity index (χ0v) is 14.6. The summed E-state index contributed by atoms with van der Waals surface area (Å²) in [5.41, 5.74) is 7.54. The second-order valence-corrected chi connectivity index (χ2v) is 6.21. The molecule has 0 heterocycles. The van der Waals surface area contributed by atoms with Crippen LogP contribution in [0.5, 0.6) is 5.75 Å². The monoisotopic (exact) mass is 342 g/mol. The Hall–Kier alpha value is -2.37. The molecule has 3 N–H and O–H groups in total. The predicted octanol–water partition coefficient (Wildman–Crippen LogP) is 2.11. The van der Waals surface area contributed by atoms with Crippen LogP contribution in [-0.2, 0) is 11.3 Å². The van der Waals surface area contributed by atoms with Crippen LogP contribution >= 0.6 is 0 Å². The van der Waals surface area contributed by atoms with Crippen molar-refractivity contribution in [2.24, 2.45) is 5.73 Å². The van der Waals surface area contributed by atoms with Crippen molar-refractivity contribution in [3.63, 3.8) is 0 Å². The molecule has 1 amide bonds. The first-order chi connectivity index (χ1) is 12.0. The largest absolute Gasteiger partial charge is 0.491 e. The fraction of sp³-hybridized carbons (Fsp3) is 0.350. The van der Waals surface area contributed by atoms with E-state index >= 15 is 0 Å². The number of nitrogens with two attached hydrogens (primary N) is 1. The molecule has 0 unspecified atom stereocenters. The van der Waals surface area contributed by atoms with Crippen molar-refractivity contribution in [3.8, 4) is 5.75 Å². The van der Waals surface area contributed by atoms with Crippen LogP contribution in [0.25, 0.3) is 0 Å². The molecule has 0 aliphatic rings. The van der Waals surface area contributed by atoms with Crippen LogP contribution in [0.4, 0.5) is 0 Å². The Morgan fingerprint density at radius 3 is 2.48 bits per heavy atom. The first-order valence-electron chi connectivity index (χ1n) is 8.45. The zero-order valence-electron chi connectivity index (χ0n) is 14.6. The summed E-state index contributed by atoms with van der Waals surface area (Å²) < 4.78 is 5.63. The van der Waals surface area contributed by atoms with E-state index in [1.807, 2.05) is 66.4 Å². The van der Waals surface area contributed by atoms with Gasteiger partial charge in [-0.2, -0.15) is 0 Å². The molecule has 5 heteroatoms. The van der Waals surface area contributed by atoms with Crippen molar-refractivity contribution in [2.45, 2.75) is 26.0 Å². The quantitative estimate of drug-likeness (QED) is 0.693. The third-order valence-electron chi connectivity index (χ3n) is 3.86. The number of hydrogen-bond acceptors (Lipinski definition) is 4. The molecule has 134 valence electrons. The third kappa shape index (κ3) is 7.37. The van der Waals surface area contributed by atoms with Crippen LogP contribution in [0.15, 0.2) is 54.6 Å². The summed E-state index contributed by atoms with van der Waals surface area (Å²) in [6, 6.07) is 17.7. The molecule has 0 saturated carbocycles. The van der Waals surface area contributed by atoms with Gasteiger partial charge in [-0.05, 0) is 24.6 Å². The van der Waals surface area contributed by atoms with E-state index < -0.39 is 6.10 Å². The Balaban J connectivity index is 1.87. The summed E-state index contributed by atoms with van der Waals surface area (Å²) in [6.45, 7) is 3.78. The maximum Gasteiger partial charge on any atom is 0.218 e.